The van der Waals surface area contributed by atoms with Crippen molar-refractivity contribution < 1.29 is 4.79 Å². The normalized spacial score (nSPS) is 9.68. The summed E-state index contributed by atoms with van der Waals surface area (Å²) in [5.74, 6) is -0.307. The van der Waals surface area contributed by atoms with E-state index in [-0.39, 0.29) is 5.91 Å². The Labute approximate surface area is 115 Å². The van der Waals surface area contributed by atoms with Crippen LogP contribution < -0.4 is 11.1 Å². The molecule has 0 atom stereocenters. The van der Waals surface area contributed by atoms with Crippen LogP contribution in [-0.2, 0) is 0 Å². The fourth-order valence-electron chi connectivity index (χ4n) is 1.54. The average molecular weight is 272 g/mol. The molecule has 0 aromatic heterocycles. The maximum Gasteiger partial charge on any atom is 0.255 e. The molecule has 0 bridgehead atoms. The smallest absolute Gasteiger partial charge is 0.255 e. The quantitative estimate of drug-likeness (QED) is 0.824. The summed E-state index contributed by atoms with van der Waals surface area (Å²) in [6.45, 7) is 0. The van der Waals surface area contributed by atoms with Crippen molar-refractivity contribution in [2.24, 2.45) is 0 Å². The lowest BCUT2D eigenvalue weighted by Crippen LogP contribution is -2.12. The van der Waals surface area contributed by atoms with Gasteiger partial charge in [-0.2, -0.15) is 5.26 Å². The number of nitrogens with zero attached hydrogens (tertiary/aromatic N) is 1. The SMILES string of the molecule is N#Cc1cccc(C(=O)Nc2ccc(N)c(Cl)c2)c1. The molecule has 0 radical (unpaired) electrons. The second kappa shape index (κ2) is 5.42. The van der Waals surface area contributed by atoms with Gasteiger partial charge in [0.15, 0.2) is 0 Å². The molecular weight excluding hydrogens is 262 g/mol. The van der Waals surface area contributed by atoms with E-state index in [0.29, 0.717) is 27.5 Å². The number of nitriles is 1. The molecule has 0 fully saturated rings. The Morgan fingerprint density at radius 3 is 2.74 bits per heavy atom. The molecule has 0 aliphatic heterocycles. The number of anilines is 2. The van der Waals surface area contributed by atoms with E-state index in [9.17, 15) is 4.79 Å². The van der Waals surface area contributed by atoms with E-state index < -0.39 is 0 Å². The van der Waals surface area contributed by atoms with E-state index in [1.807, 2.05) is 6.07 Å². The molecule has 0 heterocycles. The minimum Gasteiger partial charge on any atom is -0.398 e. The first kappa shape index (κ1) is 12.9. The maximum atomic E-state index is 12.0. The highest BCUT2D eigenvalue weighted by Crippen LogP contribution is 2.23. The van der Waals surface area contributed by atoms with E-state index in [1.165, 1.54) is 6.07 Å². The molecule has 0 saturated heterocycles. The number of rotatable bonds is 2. The van der Waals surface area contributed by atoms with Crippen LogP contribution in [0.15, 0.2) is 42.5 Å². The van der Waals surface area contributed by atoms with Crippen molar-refractivity contribution in [2.45, 2.75) is 0 Å². The fraction of sp³-hybridized carbons (Fsp3) is 0. The Bertz CT molecular complexity index is 677. The highest BCUT2D eigenvalue weighted by molar-refractivity contribution is 6.33. The van der Waals surface area contributed by atoms with Crippen molar-refractivity contribution in [1.82, 2.24) is 0 Å². The fourth-order valence-corrected chi connectivity index (χ4v) is 1.72. The molecule has 94 valence electrons. The first-order chi connectivity index (χ1) is 9.10. The van der Waals surface area contributed by atoms with Gasteiger partial charge in [-0.15, -0.1) is 0 Å². The van der Waals surface area contributed by atoms with E-state index in [4.69, 9.17) is 22.6 Å². The van der Waals surface area contributed by atoms with Crippen LogP contribution >= 0.6 is 11.6 Å². The van der Waals surface area contributed by atoms with Gasteiger partial charge in [0.2, 0.25) is 0 Å². The minimum absolute atomic E-state index is 0.307. The third kappa shape index (κ3) is 3.03. The van der Waals surface area contributed by atoms with Gasteiger partial charge in [0.25, 0.3) is 5.91 Å². The lowest BCUT2D eigenvalue weighted by molar-refractivity contribution is 0.102. The lowest BCUT2D eigenvalue weighted by atomic mass is 10.1. The van der Waals surface area contributed by atoms with Crippen LogP contribution in [0.25, 0.3) is 0 Å². The van der Waals surface area contributed by atoms with Gasteiger partial charge >= 0.3 is 0 Å². The number of hydrogen-bond donors (Lipinski definition) is 2. The second-order valence-corrected chi connectivity index (χ2v) is 4.29. The van der Waals surface area contributed by atoms with Gasteiger partial charge in [0.1, 0.15) is 0 Å². The Morgan fingerprint density at radius 2 is 2.05 bits per heavy atom. The van der Waals surface area contributed by atoms with Crippen LogP contribution in [0, 0.1) is 11.3 Å². The molecule has 5 heteroatoms. The summed E-state index contributed by atoms with van der Waals surface area (Å²) in [6.07, 6.45) is 0. The summed E-state index contributed by atoms with van der Waals surface area (Å²) in [5.41, 5.74) is 7.43. The predicted octanol–water partition coefficient (Wildman–Crippen LogP) is 3.05. The molecule has 19 heavy (non-hydrogen) atoms. The Hall–Kier alpha value is -2.51. The molecule has 4 nitrogen and oxygen atoms in total. The van der Waals surface area contributed by atoms with E-state index in [0.717, 1.165) is 0 Å². The van der Waals surface area contributed by atoms with Crippen LogP contribution in [0.4, 0.5) is 11.4 Å². The Balaban J connectivity index is 2.21. The Morgan fingerprint density at radius 1 is 1.26 bits per heavy atom. The van der Waals surface area contributed by atoms with Crippen molar-refractivity contribution in [1.29, 1.82) is 5.26 Å². The molecule has 0 aliphatic carbocycles. The highest BCUT2D eigenvalue weighted by Gasteiger charge is 2.07. The van der Waals surface area contributed by atoms with E-state index >= 15 is 0 Å². The molecule has 3 N–H and O–H groups in total. The highest BCUT2D eigenvalue weighted by atomic mass is 35.5. The van der Waals surface area contributed by atoms with Crippen LogP contribution in [0.3, 0.4) is 0 Å². The van der Waals surface area contributed by atoms with Gasteiger partial charge < -0.3 is 11.1 Å². The van der Waals surface area contributed by atoms with Crippen LogP contribution in [0.5, 0.6) is 0 Å². The zero-order valence-corrected chi connectivity index (χ0v) is 10.6. The van der Waals surface area contributed by atoms with E-state index in [1.54, 1.807) is 36.4 Å². The number of amides is 1. The van der Waals surface area contributed by atoms with Crippen molar-refractivity contribution in [2.75, 3.05) is 11.1 Å². The van der Waals surface area contributed by atoms with Gasteiger partial charge in [-0.25, -0.2) is 0 Å². The summed E-state index contributed by atoms with van der Waals surface area (Å²) >= 11 is 5.87. The zero-order valence-electron chi connectivity index (χ0n) is 9.85. The van der Waals surface area contributed by atoms with Crippen molar-refractivity contribution in [3.8, 4) is 6.07 Å². The number of nitrogens with one attached hydrogen (secondary N) is 1. The molecule has 0 spiro atoms. The number of halogens is 1. The molecule has 1 amide bonds. The van der Waals surface area contributed by atoms with Crippen molar-refractivity contribution >= 4 is 28.9 Å². The first-order valence-electron chi connectivity index (χ1n) is 5.46. The molecule has 0 saturated carbocycles. The number of carbonyl (C=O) groups excluding carboxylic acids is 1. The zero-order chi connectivity index (χ0) is 13.8. The summed E-state index contributed by atoms with van der Waals surface area (Å²) in [4.78, 5) is 12.0. The van der Waals surface area contributed by atoms with E-state index in [2.05, 4.69) is 5.32 Å². The standard InChI is InChI=1S/C14H10ClN3O/c15-12-7-11(4-5-13(12)17)18-14(19)10-3-1-2-9(6-10)8-16/h1-7H,17H2,(H,18,19). The van der Waals surface area contributed by atoms with Gasteiger partial charge in [0.05, 0.1) is 22.3 Å². The topological polar surface area (TPSA) is 78.9 Å². The monoisotopic (exact) mass is 271 g/mol. The first-order valence-corrected chi connectivity index (χ1v) is 5.84. The van der Waals surface area contributed by atoms with Crippen LogP contribution in [0.2, 0.25) is 5.02 Å². The summed E-state index contributed by atoms with van der Waals surface area (Å²) in [7, 11) is 0. The number of benzene rings is 2. The predicted molar refractivity (Wildman–Crippen MR) is 75.0 cm³/mol. The van der Waals surface area contributed by atoms with Gasteiger partial charge in [-0.1, -0.05) is 17.7 Å². The van der Waals surface area contributed by atoms with Crippen molar-refractivity contribution in [3.63, 3.8) is 0 Å². The molecule has 0 unspecified atom stereocenters. The number of nitrogens with two attached hydrogens (primary N) is 1. The summed E-state index contributed by atoms with van der Waals surface area (Å²) in [6, 6.07) is 13.3. The summed E-state index contributed by atoms with van der Waals surface area (Å²) in [5, 5.41) is 11.9. The number of nitrogen functional groups attached to an aromatic ring is 1. The lowest BCUT2D eigenvalue weighted by Gasteiger charge is -2.07. The van der Waals surface area contributed by atoms with Gasteiger partial charge in [-0.3, -0.25) is 4.79 Å². The maximum absolute atomic E-state index is 12.0. The number of carbonyl (C=O) groups is 1. The van der Waals surface area contributed by atoms with Crippen LogP contribution in [0.1, 0.15) is 15.9 Å². The summed E-state index contributed by atoms with van der Waals surface area (Å²) < 4.78 is 0. The molecule has 0 aliphatic rings. The molecule has 2 aromatic rings. The number of hydrogen-bond acceptors (Lipinski definition) is 3. The third-order valence-electron chi connectivity index (χ3n) is 2.51. The van der Waals surface area contributed by atoms with Crippen LogP contribution in [-0.4, -0.2) is 5.91 Å². The molecule has 2 aromatic carbocycles. The third-order valence-corrected chi connectivity index (χ3v) is 2.84. The average Bonchev–Trinajstić information content (AvgIpc) is 2.43. The largest absolute Gasteiger partial charge is 0.398 e. The molecule has 2 rings (SSSR count). The van der Waals surface area contributed by atoms with Crippen molar-refractivity contribution in [3.05, 3.63) is 58.6 Å². The minimum atomic E-state index is -0.307. The molecular formula is C14H10ClN3O. The Kier molecular flexibility index (Phi) is 3.69. The second-order valence-electron chi connectivity index (χ2n) is 3.88. The van der Waals surface area contributed by atoms with Gasteiger partial charge in [0, 0.05) is 11.3 Å². The van der Waals surface area contributed by atoms with Gasteiger partial charge in [-0.05, 0) is 36.4 Å².